The quantitative estimate of drug-likeness (QED) is 0.857. The summed E-state index contributed by atoms with van der Waals surface area (Å²) < 4.78 is 2.19. The first-order valence-electron chi connectivity index (χ1n) is 4.02. The van der Waals surface area contributed by atoms with Gasteiger partial charge in [-0.3, -0.25) is 0 Å². The SMILES string of the molecule is Clc1ccc(Cn2nnnc2Br)cc1Cl. The Morgan fingerprint density at radius 1 is 1.27 bits per heavy atom. The molecule has 1 heterocycles. The second-order valence-corrected chi connectivity index (χ2v) is 4.38. The minimum Gasteiger partial charge on any atom is -0.216 e. The highest BCUT2D eigenvalue weighted by Crippen LogP contribution is 2.23. The van der Waals surface area contributed by atoms with Crippen LogP contribution in [0.25, 0.3) is 0 Å². The molecule has 0 amide bonds. The van der Waals surface area contributed by atoms with Crippen molar-refractivity contribution in [3.8, 4) is 0 Å². The minimum atomic E-state index is 0.526. The Labute approximate surface area is 104 Å². The molecule has 1 aromatic carbocycles. The summed E-state index contributed by atoms with van der Waals surface area (Å²) >= 11 is 14.9. The normalized spacial score (nSPS) is 10.6. The van der Waals surface area contributed by atoms with Gasteiger partial charge in [0.2, 0.25) is 4.73 Å². The van der Waals surface area contributed by atoms with Gasteiger partial charge in [-0.2, -0.15) is 0 Å². The van der Waals surface area contributed by atoms with Crippen molar-refractivity contribution in [2.45, 2.75) is 6.54 Å². The van der Waals surface area contributed by atoms with Crippen molar-refractivity contribution < 1.29 is 0 Å². The molecule has 2 rings (SSSR count). The van der Waals surface area contributed by atoms with E-state index in [1.807, 2.05) is 6.07 Å². The van der Waals surface area contributed by atoms with E-state index in [9.17, 15) is 0 Å². The molecule has 0 aliphatic rings. The Balaban J connectivity index is 2.25. The van der Waals surface area contributed by atoms with Crippen LogP contribution >= 0.6 is 39.1 Å². The third-order valence-electron chi connectivity index (χ3n) is 1.80. The molecular weight excluding hydrogens is 303 g/mol. The lowest BCUT2D eigenvalue weighted by atomic mass is 10.2. The summed E-state index contributed by atoms with van der Waals surface area (Å²) in [4.78, 5) is 0. The highest BCUT2D eigenvalue weighted by atomic mass is 79.9. The van der Waals surface area contributed by atoms with E-state index < -0.39 is 0 Å². The minimum absolute atomic E-state index is 0.526. The van der Waals surface area contributed by atoms with Gasteiger partial charge >= 0.3 is 0 Å². The Hall–Kier alpha value is -0.650. The molecule has 0 unspecified atom stereocenters. The molecule has 0 bridgehead atoms. The summed E-state index contributed by atoms with van der Waals surface area (Å²) in [5, 5.41) is 12.1. The standard InChI is InChI=1S/C8H5BrCl2N4/c9-8-12-13-14-15(8)4-5-1-2-6(10)7(11)3-5/h1-3H,4H2. The molecule has 78 valence electrons. The van der Waals surface area contributed by atoms with Gasteiger partial charge in [0.15, 0.2) is 0 Å². The van der Waals surface area contributed by atoms with Gasteiger partial charge in [0.05, 0.1) is 16.6 Å². The van der Waals surface area contributed by atoms with E-state index in [-0.39, 0.29) is 0 Å². The maximum absolute atomic E-state index is 5.89. The molecule has 0 radical (unpaired) electrons. The van der Waals surface area contributed by atoms with Crippen LogP contribution in [0, 0.1) is 0 Å². The zero-order valence-electron chi connectivity index (χ0n) is 7.36. The molecule has 1 aromatic heterocycles. The van der Waals surface area contributed by atoms with Gasteiger partial charge in [0, 0.05) is 0 Å². The summed E-state index contributed by atoms with van der Waals surface area (Å²) in [5.74, 6) is 0. The summed E-state index contributed by atoms with van der Waals surface area (Å²) in [6.07, 6.45) is 0. The number of rotatable bonds is 2. The first kappa shape index (κ1) is 10.9. The number of tetrazole rings is 1. The van der Waals surface area contributed by atoms with Crippen LogP contribution in [0.5, 0.6) is 0 Å². The number of aromatic nitrogens is 4. The molecule has 0 aliphatic heterocycles. The van der Waals surface area contributed by atoms with Gasteiger partial charge in [0.1, 0.15) is 0 Å². The molecule has 7 heteroatoms. The van der Waals surface area contributed by atoms with E-state index in [0.717, 1.165) is 5.56 Å². The second-order valence-electron chi connectivity index (χ2n) is 2.85. The van der Waals surface area contributed by atoms with Gasteiger partial charge in [0.25, 0.3) is 0 Å². The van der Waals surface area contributed by atoms with Crippen LogP contribution in [-0.4, -0.2) is 20.2 Å². The second kappa shape index (κ2) is 4.47. The molecule has 0 fully saturated rings. The molecule has 2 aromatic rings. The molecule has 0 saturated heterocycles. The largest absolute Gasteiger partial charge is 0.218 e. The van der Waals surface area contributed by atoms with Crippen molar-refractivity contribution in [1.29, 1.82) is 0 Å². The lowest BCUT2D eigenvalue weighted by Gasteiger charge is -2.02. The van der Waals surface area contributed by atoms with Crippen LogP contribution < -0.4 is 0 Å². The monoisotopic (exact) mass is 306 g/mol. The van der Waals surface area contributed by atoms with Crippen molar-refractivity contribution in [1.82, 2.24) is 20.2 Å². The summed E-state index contributed by atoms with van der Waals surface area (Å²) in [6.45, 7) is 0.546. The van der Waals surface area contributed by atoms with Crippen molar-refractivity contribution in [2.75, 3.05) is 0 Å². The van der Waals surface area contributed by atoms with E-state index in [1.165, 1.54) is 0 Å². The summed E-state index contributed by atoms with van der Waals surface area (Å²) in [6, 6.07) is 5.41. The van der Waals surface area contributed by atoms with E-state index in [0.29, 0.717) is 21.3 Å². The zero-order valence-corrected chi connectivity index (χ0v) is 10.5. The highest BCUT2D eigenvalue weighted by Gasteiger charge is 2.04. The fourth-order valence-corrected chi connectivity index (χ4v) is 1.69. The third kappa shape index (κ3) is 2.48. The predicted octanol–water partition coefficient (Wildman–Crippen LogP) is 2.79. The smallest absolute Gasteiger partial charge is 0.216 e. The Kier molecular flexibility index (Phi) is 3.23. The molecule has 0 atom stereocenters. The number of halogens is 3. The van der Waals surface area contributed by atoms with E-state index in [2.05, 4.69) is 31.5 Å². The van der Waals surface area contributed by atoms with Crippen LogP contribution in [0.15, 0.2) is 22.9 Å². The Bertz CT molecular complexity index is 485. The van der Waals surface area contributed by atoms with Crippen molar-refractivity contribution in [3.63, 3.8) is 0 Å². The average Bonchev–Trinajstić information content (AvgIpc) is 2.59. The molecule has 0 N–H and O–H groups in total. The van der Waals surface area contributed by atoms with Crippen LogP contribution in [0.1, 0.15) is 5.56 Å². The molecule has 15 heavy (non-hydrogen) atoms. The summed E-state index contributed by atoms with van der Waals surface area (Å²) in [5.41, 5.74) is 0.984. The fourth-order valence-electron chi connectivity index (χ4n) is 1.10. The van der Waals surface area contributed by atoms with Gasteiger partial charge in [-0.05, 0) is 44.1 Å². The van der Waals surface area contributed by atoms with Crippen molar-refractivity contribution in [2.24, 2.45) is 0 Å². The molecular formula is C8H5BrCl2N4. The van der Waals surface area contributed by atoms with E-state index in [4.69, 9.17) is 23.2 Å². The Morgan fingerprint density at radius 2 is 2.07 bits per heavy atom. The lowest BCUT2D eigenvalue weighted by molar-refractivity contribution is 0.638. The third-order valence-corrected chi connectivity index (χ3v) is 3.11. The topological polar surface area (TPSA) is 43.6 Å². The maximum Gasteiger partial charge on any atom is 0.218 e. The number of nitrogens with zero attached hydrogens (tertiary/aromatic N) is 4. The summed E-state index contributed by atoms with van der Waals surface area (Å²) in [7, 11) is 0. The molecule has 0 spiro atoms. The van der Waals surface area contributed by atoms with Crippen LogP contribution in [0.2, 0.25) is 10.0 Å². The first-order valence-corrected chi connectivity index (χ1v) is 5.57. The van der Waals surface area contributed by atoms with E-state index in [1.54, 1.807) is 16.8 Å². The zero-order chi connectivity index (χ0) is 10.8. The van der Waals surface area contributed by atoms with Crippen LogP contribution in [0.3, 0.4) is 0 Å². The van der Waals surface area contributed by atoms with Gasteiger partial charge in [-0.1, -0.05) is 29.3 Å². The molecule has 0 saturated carbocycles. The number of hydrogen-bond donors (Lipinski definition) is 0. The first-order chi connectivity index (χ1) is 7.16. The van der Waals surface area contributed by atoms with Crippen LogP contribution in [-0.2, 0) is 6.54 Å². The van der Waals surface area contributed by atoms with Gasteiger partial charge in [-0.25, -0.2) is 4.68 Å². The highest BCUT2D eigenvalue weighted by molar-refractivity contribution is 9.10. The van der Waals surface area contributed by atoms with Crippen molar-refractivity contribution in [3.05, 3.63) is 38.5 Å². The van der Waals surface area contributed by atoms with Crippen LogP contribution in [0.4, 0.5) is 0 Å². The lowest BCUT2D eigenvalue weighted by Crippen LogP contribution is -2.02. The van der Waals surface area contributed by atoms with Gasteiger partial charge in [-0.15, -0.1) is 5.10 Å². The molecule has 4 nitrogen and oxygen atoms in total. The van der Waals surface area contributed by atoms with Gasteiger partial charge < -0.3 is 0 Å². The average molecular weight is 308 g/mol. The fraction of sp³-hybridized carbons (Fsp3) is 0.125. The van der Waals surface area contributed by atoms with Crippen molar-refractivity contribution >= 4 is 39.1 Å². The maximum atomic E-state index is 5.89. The molecule has 0 aliphatic carbocycles. The van der Waals surface area contributed by atoms with E-state index >= 15 is 0 Å². The predicted molar refractivity (Wildman–Crippen MR) is 61.1 cm³/mol. The number of benzene rings is 1. The number of hydrogen-bond acceptors (Lipinski definition) is 3. The Morgan fingerprint density at radius 3 is 2.67 bits per heavy atom.